The number of halogens is 7. The van der Waals surface area contributed by atoms with E-state index in [2.05, 4.69) is 15.4 Å². The first-order chi connectivity index (χ1) is 14.7. The summed E-state index contributed by atoms with van der Waals surface area (Å²) in [5, 5.41) is 4.20. The van der Waals surface area contributed by atoms with Crippen LogP contribution < -0.4 is 15.4 Å². The largest absolute Gasteiger partial charge is 0.573 e. The van der Waals surface area contributed by atoms with E-state index in [1.54, 1.807) is 0 Å². The average Bonchev–Trinajstić information content (AvgIpc) is 2.62. The quantitative estimate of drug-likeness (QED) is 0.557. The SMILES string of the molecule is CN(CC(=O)Nc1ccc(OC(F)(F)F)cc1)CC(=O)Nc1ccc(Cl)c(C(F)(F)F)c1. The van der Waals surface area contributed by atoms with Crippen molar-refractivity contribution < 1.29 is 40.7 Å². The molecule has 0 saturated carbocycles. The van der Waals surface area contributed by atoms with E-state index >= 15 is 0 Å². The predicted molar refractivity (Wildman–Crippen MR) is 104 cm³/mol. The second-order valence-electron chi connectivity index (χ2n) is 6.53. The maximum atomic E-state index is 12.9. The van der Waals surface area contributed by atoms with Crippen LogP contribution in [0.25, 0.3) is 0 Å². The van der Waals surface area contributed by atoms with E-state index in [1.807, 2.05) is 0 Å². The maximum absolute atomic E-state index is 12.9. The Morgan fingerprint density at radius 2 is 1.41 bits per heavy atom. The molecule has 0 aliphatic rings. The molecule has 2 rings (SSSR count). The molecule has 0 spiro atoms. The van der Waals surface area contributed by atoms with Crippen LogP contribution in [-0.2, 0) is 15.8 Å². The van der Waals surface area contributed by atoms with Crippen molar-refractivity contribution >= 4 is 34.8 Å². The molecule has 2 aromatic rings. The number of nitrogens with zero attached hydrogens (tertiary/aromatic N) is 1. The van der Waals surface area contributed by atoms with Crippen LogP contribution in [0.15, 0.2) is 42.5 Å². The van der Waals surface area contributed by atoms with E-state index in [1.165, 1.54) is 30.1 Å². The number of carbonyl (C=O) groups excluding carboxylic acids is 2. The third-order valence-corrected chi connectivity index (χ3v) is 4.08. The highest BCUT2D eigenvalue weighted by atomic mass is 35.5. The summed E-state index contributed by atoms with van der Waals surface area (Å²) in [6.45, 7) is -0.599. The monoisotopic (exact) mass is 483 g/mol. The normalized spacial score (nSPS) is 11.9. The van der Waals surface area contributed by atoms with Gasteiger partial charge in [-0.3, -0.25) is 14.5 Å². The molecule has 32 heavy (non-hydrogen) atoms. The van der Waals surface area contributed by atoms with Gasteiger partial charge in [0.25, 0.3) is 0 Å². The first-order valence-electron chi connectivity index (χ1n) is 8.74. The van der Waals surface area contributed by atoms with Gasteiger partial charge in [0.1, 0.15) is 5.75 Å². The number of alkyl halides is 6. The van der Waals surface area contributed by atoms with Crippen LogP contribution >= 0.6 is 11.6 Å². The zero-order chi connectivity index (χ0) is 24.1. The summed E-state index contributed by atoms with van der Waals surface area (Å²) in [5.41, 5.74) is -1.02. The number of amides is 2. The molecular weight excluding hydrogens is 468 g/mol. The lowest BCUT2D eigenvalue weighted by Crippen LogP contribution is -2.36. The van der Waals surface area contributed by atoms with Crippen molar-refractivity contribution in [3.63, 3.8) is 0 Å². The average molecular weight is 484 g/mol. The molecule has 0 bridgehead atoms. The molecule has 2 amide bonds. The Morgan fingerprint density at radius 3 is 1.91 bits per heavy atom. The Balaban J connectivity index is 1.86. The number of nitrogens with one attached hydrogen (secondary N) is 2. The van der Waals surface area contributed by atoms with E-state index < -0.39 is 40.7 Å². The van der Waals surface area contributed by atoms with Crippen LogP contribution in [-0.4, -0.2) is 43.2 Å². The van der Waals surface area contributed by atoms with Crippen molar-refractivity contribution in [1.29, 1.82) is 0 Å². The molecule has 0 fully saturated rings. The third kappa shape index (κ3) is 8.27. The van der Waals surface area contributed by atoms with Crippen LogP contribution in [0.2, 0.25) is 5.02 Å². The zero-order valence-corrected chi connectivity index (χ0v) is 17.0. The first-order valence-corrected chi connectivity index (χ1v) is 9.11. The van der Waals surface area contributed by atoms with Crippen molar-refractivity contribution in [1.82, 2.24) is 4.90 Å². The molecule has 0 atom stereocenters. The molecule has 0 radical (unpaired) electrons. The Kier molecular flexibility index (Phi) is 7.97. The topological polar surface area (TPSA) is 70.7 Å². The standard InChI is InChI=1S/C19H16ClF6N3O3/c1-29(9-16(30)27-11-2-5-13(6-3-11)32-19(24,25)26)10-17(31)28-12-4-7-15(20)14(8-12)18(21,22)23/h2-8H,9-10H2,1H3,(H,27,30)(H,28,31). The molecule has 2 aromatic carbocycles. The minimum absolute atomic E-state index is 0.120. The van der Waals surface area contributed by atoms with Crippen LogP contribution in [0.3, 0.4) is 0 Å². The van der Waals surface area contributed by atoms with Gasteiger partial charge in [0.05, 0.1) is 23.7 Å². The lowest BCUT2D eigenvalue weighted by molar-refractivity contribution is -0.274. The summed E-state index contributed by atoms with van der Waals surface area (Å²) in [6, 6.07) is 7.33. The first kappa shape index (κ1) is 25.3. The number of carbonyl (C=O) groups is 2. The minimum atomic E-state index is -4.84. The molecule has 0 aliphatic heterocycles. The molecule has 0 saturated heterocycles. The number of likely N-dealkylation sites (N-methyl/N-ethyl adjacent to an activating group) is 1. The van der Waals surface area contributed by atoms with Gasteiger partial charge in [0.15, 0.2) is 0 Å². The molecule has 13 heteroatoms. The number of hydrogen-bond acceptors (Lipinski definition) is 4. The van der Waals surface area contributed by atoms with Crippen molar-refractivity contribution in [2.24, 2.45) is 0 Å². The lowest BCUT2D eigenvalue weighted by atomic mass is 10.2. The highest BCUT2D eigenvalue weighted by molar-refractivity contribution is 6.31. The van der Waals surface area contributed by atoms with Gasteiger partial charge in [0.2, 0.25) is 11.8 Å². The van der Waals surface area contributed by atoms with Gasteiger partial charge in [-0.05, 0) is 49.5 Å². The van der Waals surface area contributed by atoms with Gasteiger partial charge >= 0.3 is 12.5 Å². The fraction of sp³-hybridized carbons (Fsp3) is 0.263. The maximum Gasteiger partial charge on any atom is 0.573 e. The molecular formula is C19H16ClF6N3O3. The van der Waals surface area contributed by atoms with E-state index in [-0.39, 0.29) is 24.5 Å². The minimum Gasteiger partial charge on any atom is -0.406 e. The van der Waals surface area contributed by atoms with Crippen LogP contribution in [0.4, 0.5) is 37.7 Å². The number of benzene rings is 2. The molecule has 0 unspecified atom stereocenters. The van der Waals surface area contributed by atoms with Crippen molar-refractivity contribution in [2.75, 3.05) is 30.8 Å². The van der Waals surface area contributed by atoms with Crippen molar-refractivity contribution in [3.8, 4) is 5.75 Å². The number of rotatable bonds is 7. The predicted octanol–water partition coefficient (Wildman–Crippen LogP) is 4.77. The molecule has 0 aliphatic carbocycles. The highest BCUT2D eigenvalue weighted by Crippen LogP contribution is 2.36. The molecule has 0 aromatic heterocycles. The fourth-order valence-electron chi connectivity index (χ4n) is 2.51. The Morgan fingerprint density at radius 1 is 0.906 bits per heavy atom. The summed E-state index contributed by atoms with van der Waals surface area (Å²) in [7, 11) is 1.42. The van der Waals surface area contributed by atoms with Gasteiger partial charge in [0, 0.05) is 11.4 Å². The van der Waals surface area contributed by atoms with Crippen LogP contribution in [0.1, 0.15) is 5.56 Å². The van der Waals surface area contributed by atoms with Crippen molar-refractivity contribution in [3.05, 3.63) is 53.1 Å². The lowest BCUT2D eigenvalue weighted by Gasteiger charge is -2.17. The number of anilines is 2. The third-order valence-electron chi connectivity index (χ3n) is 3.75. The van der Waals surface area contributed by atoms with E-state index in [0.717, 1.165) is 18.2 Å². The van der Waals surface area contributed by atoms with Gasteiger partial charge in [-0.25, -0.2) is 0 Å². The Labute approximate surface area is 183 Å². The summed E-state index contributed by atoms with van der Waals surface area (Å²) in [4.78, 5) is 25.4. The van der Waals surface area contributed by atoms with Gasteiger partial charge in [-0.15, -0.1) is 13.2 Å². The second-order valence-corrected chi connectivity index (χ2v) is 6.94. The summed E-state index contributed by atoms with van der Waals surface area (Å²) < 4.78 is 78.8. The van der Waals surface area contributed by atoms with Crippen LogP contribution in [0.5, 0.6) is 5.75 Å². The van der Waals surface area contributed by atoms with Crippen molar-refractivity contribution in [2.45, 2.75) is 12.5 Å². The highest BCUT2D eigenvalue weighted by Gasteiger charge is 2.33. The Hall–Kier alpha value is -2.99. The smallest absolute Gasteiger partial charge is 0.406 e. The fourth-order valence-corrected chi connectivity index (χ4v) is 2.73. The van der Waals surface area contributed by atoms with E-state index in [4.69, 9.17) is 11.6 Å². The van der Waals surface area contributed by atoms with Gasteiger partial charge in [-0.1, -0.05) is 11.6 Å². The second kappa shape index (κ2) is 10.1. The summed E-state index contributed by atoms with van der Waals surface area (Å²) in [6.07, 6.45) is -9.53. The molecule has 2 N–H and O–H groups in total. The number of ether oxygens (including phenoxy) is 1. The van der Waals surface area contributed by atoms with E-state index in [9.17, 15) is 35.9 Å². The summed E-state index contributed by atoms with van der Waals surface area (Å²) >= 11 is 5.52. The molecule has 6 nitrogen and oxygen atoms in total. The summed E-state index contributed by atoms with van der Waals surface area (Å²) in [5.74, 6) is -1.71. The molecule has 0 heterocycles. The molecule has 174 valence electrons. The zero-order valence-electron chi connectivity index (χ0n) is 16.3. The van der Waals surface area contributed by atoms with Crippen LogP contribution in [0, 0.1) is 0 Å². The number of hydrogen-bond donors (Lipinski definition) is 2. The van der Waals surface area contributed by atoms with Gasteiger partial charge in [-0.2, -0.15) is 13.2 Å². The Bertz CT molecular complexity index is 964. The van der Waals surface area contributed by atoms with E-state index in [0.29, 0.717) is 6.07 Å². The van der Waals surface area contributed by atoms with Gasteiger partial charge < -0.3 is 15.4 Å².